The number of nitrogens with two attached hydrogens (primary N) is 1. The highest BCUT2D eigenvalue weighted by molar-refractivity contribution is 7.98. The van der Waals surface area contributed by atoms with E-state index in [2.05, 4.69) is 5.32 Å². The molecule has 2 rings (SSSR count). The zero-order valence-electron chi connectivity index (χ0n) is 14.7. The molecule has 26 heavy (non-hydrogen) atoms. The highest BCUT2D eigenvalue weighted by atomic mass is 32.2. The van der Waals surface area contributed by atoms with Gasteiger partial charge in [0, 0.05) is 11.5 Å². The van der Waals surface area contributed by atoms with Crippen LogP contribution in [0, 0.1) is 6.92 Å². The number of aliphatic carboxylic acids is 1. The first kappa shape index (κ1) is 20.0. The molecule has 0 radical (unpaired) electrons. The number of rotatable bonds is 9. The molecule has 2 aromatic rings. The van der Waals surface area contributed by atoms with Crippen LogP contribution in [-0.2, 0) is 21.8 Å². The smallest absolute Gasteiger partial charge is 0.327 e. The molecule has 0 bridgehead atoms. The van der Waals surface area contributed by atoms with Gasteiger partial charge in [-0.15, -0.1) is 0 Å². The van der Waals surface area contributed by atoms with Crippen LogP contribution < -0.4 is 11.1 Å². The maximum Gasteiger partial charge on any atom is 0.327 e. The zero-order valence-corrected chi connectivity index (χ0v) is 15.5. The van der Waals surface area contributed by atoms with Gasteiger partial charge in [0.25, 0.3) is 0 Å². The SMILES string of the molecule is Cc1ccc(CSC[C@H](NC(=O)[C@H](N)Cc2ccccc2)C(=O)O)cc1. The van der Waals surface area contributed by atoms with Gasteiger partial charge in [0.05, 0.1) is 6.04 Å². The molecule has 0 saturated carbocycles. The molecule has 6 heteroatoms. The largest absolute Gasteiger partial charge is 0.480 e. The fourth-order valence-corrected chi connectivity index (χ4v) is 3.40. The Hall–Kier alpha value is -2.31. The maximum atomic E-state index is 12.2. The second-order valence-electron chi connectivity index (χ2n) is 6.20. The Morgan fingerprint density at radius 1 is 1.08 bits per heavy atom. The van der Waals surface area contributed by atoms with Gasteiger partial charge in [-0.2, -0.15) is 11.8 Å². The first-order chi connectivity index (χ1) is 12.5. The lowest BCUT2D eigenvalue weighted by Gasteiger charge is -2.18. The molecule has 1 amide bonds. The van der Waals surface area contributed by atoms with Gasteiger partial charge in [-0.3, -0.25) is 4.79 Å². The van der Waals surface area contributed by atoms with E-state index in [1.807, 2.05) is 61.5 Å². The van der Waals surface area contributed by atoms with Crippen molar-refractivity contribution in [2.45, 2.75) is 31.2 Å². The zero-order chi connectivity index (χ0) is 18.9. The Balaban J connectivity index is 1.83. The van der Waals surface area contributed by atoms with E-state index in [0.717, 1.165) is 11.1 Å². The van der Waals surface area contributed by atoms with Crippen LogP contribution in [-0.4, -0.2) is 34.8 Å². The number of hydrogen-bond acceptors (Lipinski definition) is 4. The number of aryl methyl sites for hydroxylation is 1. The molecule has 0 aliphatic carbocycles. The molecule has 2 atom stereocenters. The Kier molecular flexibility index (Phi) is 7.69. The summed E-state index contributed by atoms with van der Waals surface area (Å²) in [6, 6.07) is 15.8. The van der Waals surface area contributed by atoms with Gasteiger partial charge in [0.1, 0.15) is 6.04 Å². The van der Waals surface area contributed by atoms with Crippen molar-refractivity contribution in [3.63, 3.8) is 0 Å². The number of carbonyl (C=O) groups excluding carboxylic acids is 1. The molecule has 0 aromatic heterocycles. The molecule has 0 saturated heterocycles. The topological polar surface area (TPSA) is 92.4 Å². The van der Waals surface area contributed by atoms with Gasteiger partial charge >= 0.3 is 5.97 Å². The number of thioether (sulfide) groups is 1. The minimum Gasteiger partial charge on any atom is -0.480 e. The average Bonchev–Trinajstić information content (AvgIpc) is 2.63. The number of carbonyl (C=O) groups is 2. The minimum atomic E-state index is -1.05. The van der Waals surface area contributed by atoms with Gasteiger partial charge in [-0.05, 0) is 24.5 Å². The molecule has 4 N–H and O–H groups in total. The normalized spacial score (nSPS) is 13.0. The summed E-state index contributed by atoms with van der Waals surface area (Å²) >= 11 is 1.47. The summed E-state index contributed by atoms with van der Waals surface area (Å²) in [6.07, 6.45) is 0.371. The molecule has 0 aliphatic heterocycles. The fraction of sp³-hybridized carbons (Fsp3) is 0.300. The van der Waals surface area contributed by atoms with Crippen molar-refractivity contribution in [1.29, 1.82) is 0 Å². The standard InChI is InChI=1S/C20H24N2O3S/c1-14-7-9-16(10-8-14)12-26-13-18(20(24)25)22-19(23)17(21)11-15-5-3-2-4-6-15/h2-10,17-18H,11-13,21H2,1H3,(H,22,23)(H,24,25)/t17-,18+/m1/s1. The second kappa shape index (κ2) is 9.99. The molecule has 2 aromatic carbocycles. The molecular weight excluding hydrogens is 348 g/mol. The number of hydrogen-bond donors (Lipinski definition) is 3. The molecule has 5 nitrogen and oxygen atoms in total. The lowest BCUT2D eigenvalue weighted by Crippen LogP contribution is -2.50. The van der Waals surface area contributed by atoms with Crippen molar-refractivity contribution in [2.75, 3.05) is 5.75 Å². The van der Waals surface area contributed by atoms with Crippen LogP contribution in [0.4, 0.5) is 0 Å². The van der Waals surface area contributed by atoms with Crippen LogP contribution in [0.5, 0.6) is 0 Å². The summed E-state index contributed by atoms with van der Waals surface area (Å²) in [7, 11) is 0. The highest BCUT2D eigenvalue weighted by Crippen LogP contribution is 2.14. The van der Waals surface area contributed by atoms with Gasteiger partial charge < -0.3 is 16.2 Å². The fourth-order valence-electron chi connectivity index (χ4n) is 2.39. The third-order valence-electron chi connectivity index (χ3n) is 3.92. The van der Waals surface area contributed by atoms with Crippen molar-refractivity contribution in [3.05, 3.63) is 71.3 Å². The Bertz CT molecular complexity index is 720. The second-order valence-corrected chi connectivity index (χ2v) is 7.23. The van der Waals surface area contributed by atoms with E-state index >= 15 is 0 Å². The monoisotopic (exact) mass is 372 g/mol. The summed E-state index contributed by atoms with van der Waals surface area (Å²) in [6.45, 7) is 2.02. The Labute approximate surface area is 158 Å². The van der Waals surface area contributed by atoms with E-state index < -0.39 is 24.0 Å². The minimum absolute atomic E-state index is 0.285. The lowest BCUT2D eigenvalue weighted by atomic mass is 10.1. The molecule has 0 spiro atoms. The summed E-state index contributed by atoms with van der Waals surface area (Å²) in [5.74, 6) is -0.526. The van der Waals surface area contributed by atoms with Crippen LogP contribution >= 0.6 is 11.8 Å². The molecule has 0 aliphatic rings. The van der Waals surface area contributed by atoms with Crippen LogP contribution in [0.1, 0.15) is 16.7 Å². The number of benzene rings is 2. The van der Waals surface area contributed by atoms with E-state index in [1.54, 1.807) is 0 Å². The van der Waals surface area contributed by atoms with Crippen LogP contribution in [0.25, 0.3) is 0 Å². The van der Waals surface area contributed by atoms with Crippen LogP contribution in [0.15, 0.2) is 54.6 Å². The molecule has 0 fully saturated rings. The third kappa shape index (κ3) is 6.54. The van der Waals surface area contributed by atoms with Gasteiger partial charge in [0.2, 0.25) is 5.91 Å². The third-order valence-corrected chi connectivity index (χ3v) is 5.03. The Morgan fingerprint density at radius 3 is 2.35 bits per heavy atom. The molecule has 0 unspecified atom stereocenters. The van der Waals surface area contributed by atoms with Gasteiger partial charge in [0.15, 0.2) is 0 Å². The summed E-state index contributed by atoms with van der Waals surface area (Å²) in [5, 5.41) is 11.9. The highest BCUT2D eigenvalue weighted by Gasteiger charge is 2.23. The van der Waals surface area contributed by atoms with Crippen molar-refractivity contribution in [3.8, 4) is 0 Å². The van der Waals surface area contributed by atoms with Gasteiger partial charge in [-0.25, -0.2) is 4.79 Å². The van der Waals surface area contributed by atoms with E-state index in [1.165, 1.54) is 17.3 Å². The molecular formula is C20H24N2O3S. The summed E-state index contributed by atoms with van der Waals surface area (Å²) in [5.41, 5.74) is 9.16. The summed E-state index contributed by atoms with van der Waals surface area (Å²) < 4.78 is 0. The van der Waals surface area contributed by atoms with Crippen molar-refractivity contribution in [2.24, 2.45) is 5.73 Å². The quantitative estimate of drug-likeness (QED) is 0.628. The maximum absolute atomic E-state index is 12.2. The number of amides is 1. The predicted octanol–water partition coefficient (Wildman–Crippen LogP) is 2.37. The number of carboxylic acids is 1. The van der Waals surface area contributed by atoms with Gasteiger partial charge in [-0.1, -0.05) is 60.2 Å². The van der Waals surface area contributed by atoms with Crippen molar-refractivity contribution >= 4 is 23.6 Å². The van der Waals surface area contributed by atoms with E-state index in [-0.39, 0.29) is 5.75 Å². The Morgan fingerprint density at radius 2 is 1.73 bits per heavy atom. The van der Waals surface area contributed by atoms with Crippen molar-refractivity contribution in [1.82, 2.24) is 5.32 Å². The number of carboxylic acid groups (broad SMARTS) is 1. The number of nitrogens with one attached hydrogen (secondary N) is 1. The summed E-state index contributed by atoms with van der Waals surface area (Å²) in [4.78, 5) is 23.7. The van der Waals surface area contributed by atoms with E-state index in [0.29, 0.717) is 12.2 Å². The molecule has 0 heterocycles. The van der Waals surface area contributed by atoms with Crippen LogP contribution in [0.3, 0.4) is 0 Å². The van der Waals surface area contributed by atoms with E-state index in [9.17, 15) is 14.7 Å². The first-order valence-corrected chi connectivity index (χ1v) is 9.57. The van der Waals surface area contributed by atoms with Crippen LogP contribution in [0.2, 0.25) is 0 Å². The molecule has 138 valence electrons. The van der Waals surface area contributed by atoms with E-state index in [4.69, 9.17) is 5.73 Å². The lowest BCUT2D eigenvalue weighted by molar-refractivity contribution is -0.141. The first-order valence-electron chi connectivity index (χ1n) is 8.41. The predicted molar refractivity (Wildman–Crippen MR) is 105 cm³/mol. The average molecular weight is 372 g/mol. The van der Waals surface area contributed by atoms with Crippen molar-refractivity contribution < 1.29 is 14.7 Å².